The molecule has 2 fully saturated rings. The molecule has 0 radical (unpaired) electrons. The van der Waals surface area contributed by atoms with Crippen LogP contribution in [0.25, 0.3) is 0 Å². The summed E-state index contributed by atoms with van der Waals surface area (Å²) in [6.45, 7) is 1.40. The van der Waals surface area contributed by atoms with Crippen LogP contribution < -0.4 is 5.73 Å². The highest BCUT2D eigenvalue weighted by Gasteiger charge is 2.41. The number of esters is 1. The fourth-order valence-corrected chi connectivity index (χ4v) is 2.61. The molecule has 4 heteroatoms. The SMILES string of the molecule is COC(=O)C1CC2COCC(C1)C2N. The summed E-state index contributed by atoms with van der Waals surface area (Å²) in [5, 5.41) is 0. The van der Waals surface area contributed by atoms with Crippen LogP contribution in [-0.2, 0) is 14.3 Å². The number of ether oxygens (including phenoxy) is 2. The van der Waals surface area contributed by atoms with Crippen LogP contribution in [0.1, 0.15) is 12.8 Å². The van der Waals surface area contributed by atoms with Crippen LogP contribution in [-0.4, -0.2) is 32.3 Å². The van der Waals surface area contributed by atoms with Crippen molar-refractivity contribution in [2.24, 2.45) is 23.5 Å². The molecule has 0 aromatic carbocycles. The van der Waals surface area contributed by atoms with Crippen molar-refractivity contribution >= 4 is 5.97 Å². The minimum Gasteiger partial charge on any atom is -0.469 e. The first-order valence-electron chi connectivity index (χ1n) is 5.13. The number of hydrogen-bond donors (Lipinski definition) is 1. The topological polar surface area (TPSA) is 61.5 Å². The highest BCUT2D eigenvalue weighted by molar-refractivity contribution is 5.72. The molecular formula is C10H17NO3. The molecule has 2 N–H and O–H groups in total. The van der Waals surface area contributed by atoms with Crippen LogP contribution in [0.15, 0.2) is 0 Å². The lowest BCUT2D eigenvalue weighted by atomic mass is 9.71. The average molecular weight is 199 g/mol. The lowest BCUT2D eigenvalue weighted by Crippen LogP contribution is -2.51. The molecule has 2 rings (SSSR count). The predicted octanol–water partition coefficient (Wildman–Crippen LogP) is 0.159. The van der Waals surface area contributed by atoms with Gasteiger partial charge in [-0.05, 0) is 24.7 Å². The monoisotopic (exact) mass is 199 g/mol. The zero-order valence-electron chi connectivity index (χ0n) is 8.44. The van der Waals surface area contributed by atoms with Crippen molar-refractivity contribution in [1.29, 1.82) is 0 Å². The van der Waals surface area contributed by atoms with Gasteiger partial charge in [0.15, 0.2) is 0 Å². The molecule has 14 heavy (non-hydrogen) atoms. The van der Waals surface area contributed by atoms with Gasteiger partial charge in [-0.15, -0.1) is 0 Å². The Morgan fingerprint density at radius 3 is 2.43 bits per heavy atom. The second-order valence-corrected chi connectivity index (χ2v) is 4.33. The average Bonchev–Trinajstić information content (AvgIpc) is 2.16. The zero-order valence-corrected chi connectivity index (χ0v) is 8.44. The van der Waals surface area contributed by atoms with Gasteiger partial charge in [-0.3, -0.25) is 4.79 Å². The second kappa shape index (κ2) is 3.87. The lowest BCUT2D eigenvalue weighted by molar-refractivity contribution is -0.151. The van der Waals surface area contributed by atoms with Crippen molar-refractivity contribution in [2.75, 3.05) is 20.3 Å². The van der Waals surface area contributed by atoms with Gasteiger partial charge in [0.1, 0.15) is 0 Å². The summed E-state index contributed by atoms with van der Waals surface area (Å²) in [7, 11) is 1.45. The van der Waals surface area contributed by atoms with Gasteiger partial charge in [0.25, 0.3) is 0 Å². The molecule has 1 saturated heterocycles. The fraction of sp³-hybridized carbons (Fsp3) is 0.900. The Balaban J connectivity index is 2.03. The van der Waals surface area contributed by atoms with Gasteiger partial charge in [-0.25, -0.2) is 0 Å². The maximum absolute atomic E-state index is 11.4. The largest absolute Gasteiger partial charge is 0.469 e. The van der Waals surface area contributed by atoms with Crippen molar-refractivity contribution in [3.8, 4) is 0 Å². The van der Waals surface area contributed by atoms with E-state index in [2.05, 4.69) is 0 Å². The van der Waals surface area contributed by atoms with Gasteiger partial charge in [0.05, 0.1) is 26.2 Å². The highest BCUT2D eigenvalue weighted by Crippen LogP contribution is 2.36. The van der Waals surface area contributed by atoms with Crippen molar-refractivity contribution in [1.82, 2.24) is 0 Å². The van der Waals surface area contributed by atoms with E-state index in [9.17, 15) is 4.79 Å². The van der Waals surface area contributed by atoms with Gasteiger partial charge < -0.3 is 15.2 Å². The molecule has 0 spiro atoms. The second-order valence-electron chi connectivity index (χ2n) is 4.33. The summed E-state index contributed by atoms with van der Waals surface area (Å²) in [5.41, 5.74) is 6.06. The summed E-state index contributed by atoms with van der Waals surface area (Å²) in [4.78, 5) is 11.4. The molecule has 1 heterocycles. The molecule has 80 valence electrons. The van der Waals surface area contributed by atoms with Crippen molar-refractivity contribution in [3.05, 3.63) is 0 Å². The van der Waals surface area contributed by atoms with E-state index in [1.807, 2.05) is 0 Å². The Kier molecular flexibility index (Phi) is 2.74. The maximum atomic E-state index is 11.4. The van der Waals surface area contributed by atoms with Gasteiger partial charge >= 0.3 is 5.97 Å². The van der Waals surface area contributed by atoms with Gasteiger partial charge in [-0.2, -0.15) is 0 Å². The van der Waals surface area contributed by atoms with E-state index in [0.29, 0.717) is 25.0 Å². The molecule has 2 bridgehead atoms. The quantitative estimate of drug-likeness (QED) is 0.611. The van der Waals surface area contributed by atoms with Gasteiger partial charge in [0.2, 0.25) is 0 Å². The van der Waals surface area contributed by atoms with E-state index < -0.39 is 0 Å². The summed E-state index contributed by atoms with van der Waals surface area (Å²) in [6, 6.07) is 0.213. The maximum Gasteiger partial charge on any atom is 0.308 e. The Morgan fingerprint density at radius 2 is 1.93 bits per heavy atom. The van der Waals surface area contributed by atoms with Crippen molar-refractivity contribution in [3.63, 3.8) is 0 Å². The zero-order chi connectivity index (χ0) is 10.1. The third-order valence-corrected chi connectivity index (χ3v) is 3.46. The predicted molar refractivity (Wildman–Crippen MR) is 50.5 cm³/mol. The summed E-state index contributed by atoms with van der Waals surface area (Å²) in [6.07, 6.45) is 1.65. The number of rotatable bonds is 1. The van der Waals surface area contributed by atoms with Gasteiger partial charge in [0, 0.05) is 6.04 Å². The fourth-order valence-electron chi connectivity index (χ4n) is 2.61. The van der Waals surface area contributed by atoms with Crippen molar-refractivity contribution < 1.29 is 14.3 Å². The van der Waals surface area contributed by atoms with Crippen LogP contribution in [0.5, 0.6) is 0 Å². The number of hydrogen-bond acceptors (Lipinski definition) is 4. The Hall–Kier alpha value is -0.610. The molecule has 4 nitrogen and oxygen atoms in total. The molecule has 1 saturated carbocycles. The minimum absolute atomic E-state index is 0.0405. The van der Waals surface area contributed by atoms with Crippen LogP contribution in [0.2, 0.25) is 0 Å². The Morgan fingerprint density at radius 1 is 1.36 bits per heavy atom. The third kappa shape index (κ3) is 1.64. The molecular weight excluding hydrogens is 182 g/mol. The third-order valence-electron chi connectivity index (χ3n) is 3.46. The molecule has 2 aliphatic rings. The van der Waals surface area contributed by atoms with E-state index in [1.54, 1.807) is 0 Å². The molecule has 0 aromatic rings. The molecule has 1 aliphatic heterocycles. The number of fused-ring (bicyclic) bond motifs is 2. The van der Waals surface area contributed by atoms with Crippen LogP contribution >= 0.6 is 0 Å². The highest BCUT2D eigenvalue weighted by atomic mass is 16.5. The summed E-state index contributed by atoms with van der Waals surface area (Å²) >= 11 is 0. The molecule has 2 unspecified atom stereocenters. The normalized spacial score (nSPS) is 41.9. The molecule has 0 amide bonds. The number of methoxy groups -OCH3 is 1. The standard InChI is InChI=1S/C10H17NO3/c1-13-10(12)6-2-7-4-14-5-8(3-6)9(7)11/h6-9H,2-5,11H2,1H3. The first kappa shape index (κ1) is 9.93. The summed E-state index contributed by atoms with van der Waals surface area (Å²) < 4.78 is 10.2. The van der Waals surface area contributed by atoms with E-state index in [1.165, 1.54) is 7.11 Å². The number of nitrogens with two attached hydrogens (primary N) is 1. The van der Waals surface area contributed by atoms with Crippen LogP contribution in [0, 0.1) is 17.8 Å². The molecule has 1 aliphatic carbocycles. The summed E-state index contributed by atoms with van der Waals surface area (Å²) in [5.74, 6) is 0.630. The van der Waals surface area contributed by atoms with E-state index in [0.717, 1.165) is 12.8 Å². The van der Waals surface area contributed by atoms with Gasteiger partial charge in [-0.1, -0.05) is 0 Å². The Labute approximate surface area is 83.7 Å². The van der Waals surface area contributed by atoms with Crippen LogP contribution in [0.3, 0.4) is 0 Å². The number of carbonyl (C=O) groups excluding carboxylic acids is 1. The smallest absolute Gasteiger partial charge is 0.308 e. The van der Waals surface area contributed by atoms with Crippen molar-refractivity contribution in [2.45, 2.75) is 18.9 Å². The van der Waals surface area contributed by atoms with E-state index in [-0.39, 0.29) is 17.9 Å². The Bertz CT molecular complexity index is 217. The molecule has 0 aromatic heterocycles. The number of carbonyl (C=O) groups is 1. The lowest BCUT2D eigenvalue weighted by Gasteiger charge is -2.42. The van der Waals surface area contributed by atoms with Crippen LogP contribution in [0.4, 0.5) is 0 Å². The first-order valence-corrected chi connectivity index (χ1v) is 5.13. The minimum atomic E-state index is -0.0891. The molecule has 2 atom stereocenters. The first-order chi connectivity index (χ1) is 6.72. The van der Waals surface area contributed by atoms with E-state index >= 15 is 0 Å². The van der Waals surface area contributed by atoms with E-state index in [4.69, 9.17) is 15.2 Å².